The highest BCUT2D eigenvalue weighted by molar-refractivity contribution is 7.10. The Kier molecular flexibility index (Phi) is 7.02. The number of hydrogen-bond acceptors (Lipinski definition) is 8. The van der Waals surface area contributed by atoms with Crippen LogP contribution in [0.25, 0.3) is 11.0 Å². The molecule has 0 unspecified atom stereocenters. The van der Waals surface area contributed by atoms with Crippen LogP contribution in [0.15, 0.2) is 84.2 Å². The first kappa shape index (κ1) is 25.4. The Balaban J connectivity index is 1.35. The summed E-state index contributed by atoms with van der Waals surface area (Å²) in [6, 6.07) is 22.9. The maximum atomic E-state index is 14.0. The van der Waals surface area contributed by atoms with Crippen molar-refractivity contribution >= 4 is 39.9 Å². The van der Waals surface area contributed by atoms with Crippen molar-refractivity contribution in [3.05, 3.63) is 94.7 Å². The summed E-state index contributed by atoms with van der Waals surface area (Å²) in [6.45, 7) is 0.230. The first-order valence-electron chi connectivity index (χ1n) is 12.5. The van der Waals surface area contributed by atoms with Gasteiger partial charge in [0.1, 0.15) is 23.9 Å². The minimum absolute atomic E-state index is 0.0875. The van der Waals surface area contributed by atoms with E-state index in [1.165, 1.54) is 11.3 Å². The number of rotatable bonds is 9. The summed E-state index contributed by atoms with van der Waals surface area (Å²) in [5.41, 5.74) is 2.80. The van der Waals surface area contributed by atoms with Crippen molar-refractivity contribution in [3.63, 3.8) is 0 Å². The average molecular weight is 556 g/mol. The highest BCUT2D eigenvalue weighted by Gasteiger charge is 2.33. The fourth-order valence-corrected chi connectivity index (χ4v) is 5.39. The molecular formula is C29H25N5O5S. The lowest BCUT2D eigenvalue weighted by atomic mass is 10.1. The van der Waals surface area contributed by atoms with E-state index in [0.717, 1.165) is 16.0 Å². The Bertz CT molecular complexity index is 1650. The quantitative estimate of drug-likeness (QED) is 0.282. The third-order valence-corrected chi connectivity index (χ3v) is 7.48. The zero-order chi connectivity index (χ0) is 27.5. The van der Waals surface area contributed by atoms with Crippen LogP contribution in [0.1, 0.15) is 16.5 Å². The van der Waals surface area contributed by atoms with Crippen LogP contribution in [0.5, 0.6) is 17.2 Å². The van der Waals surface area contributed by atoms with Gasteiger partial charge in [-0.3, -0.25) is 9.59 Å². The molecule has 0 aliphatic carbocycles. The zero-order valence-corrected chi connectivity index (χ0v) is 22.3. The number of amides is 2. The summed E-state index contributed by atoms with van der Waals surface area (Å²) in [5, 5.41) is 13.2. The number of para-hydroxylation sites is 1. The van der Waals surface area contributed by atoms with Crippen LogP contribution in [-0.4, -0.2) is 45.6 Å². The van der Waals surface area contributed by atoms with Crippen molar-refractivity contribution in [2.24, 2.45) is 0 Å². The Hall–Kier alpha value is -4.90. The molecule has 1 N–H and O–H groups in total. The lowest BCUT2D eigenvalue weighted by Crippen LogP contribution is -2.42. The molecule has 3 heterocycles. The summed E-state index contributed by atoms with van der Waals surface area (Å²) >= 11 is 1.41. The van der Waals surface area contributed by atoms with Gasteiger partial charge < -0.3 is 24.4 Å². The van der Waals surface area contributed by atoms with Crippen LogP contribution >= 0.6 is 11.3 Å². The molecule has 1 aliphatic heterocycles. The molecule has 40 heavy (non-hydrogen) atoms. The largest absolute Gasteiger partial charge is 0.497 e. The fraction of sp³-hybridized carbons (Fsp3) is 0.172. The van der Waals surface area contributed by atoms with E-state index >= 15 is 0 Å². The molecular weight excluding hydrogens is 530 g/mol. The monoisotopic (exact) mass is 555 g/mol. The average Bonchev–Trinajstić information content (AvgIpc) is 3.75. The van der Waals surface area contributed by atoms with Gasteiger partial charge >= 0.3 is 0 Å². The van der Waals surface area contributed by atoms with Gasteiger partial charge in [0.05, 0.1) is 12.6 Å². The van der Waals surface area contributed by atoms with Crippen molar-refractivity contribution in [1.82, 2.24) is 19.9 Å². The van der Waals surface area contributed by atoms with Gasteiger partial charge in [-0.25, -0.2) is 4.68 Å². The second-order valence-electron chi connectivity index (χ2n) is 9.08. The maximum absolute atomic E-state index is 14.0. The molecule has 6 rings (SSSR count). The molecule has 202 valence electrons. The molecule has 1 aliphatic rings. The summed E-state index contributed by atoms with van der Waals surface area (Å²) in [5.74, 6) is 1.22. The number of nitrogens with zero attached hydrogens (tertiary/aromatic N) is 4. The van der Waals surface area contributed by atoms with Crippen molar-refractivity contribution in [2.45, 2.75) is 19.1 Å². The first-order valence-corrected chi connectivity index (χ1v) is 13.4. The van der Waals surface area contributed by atoms with E-state index in [1.54, 1.807) is 34.9 Å². The molecule has 2 aromatic heterocycles. The van der Waals surface area contributed by atoms with Crippen LogP contribution < -0.4 is 19.5 Å². The Labute approximate surface area is 233 Å². The number of hydrogen-bond donors (Lipinski definition) is 1. The van der Waals surface area contributed by atoms with Crippen LogP contribution in [0, 0.1) is 0 Å². The zero-order valence-electron chi connectivity index (χ0n) is 21.5. The van der Waals surface area contributed by atoms with Crippen LogP contribution in [0.4, 0.5) is 5.69 Å². The van der Waals surface area contributed by atoms with Gasteiger partial charge in [0.15, 0.2) is 11.5 Å². The Morgan fingerprint density at radius 1 is 1.05 bits per heavy atom. The Morgan fingerprint density at radius 2 is 1.88 bits per heavy atom. The van der Waals surface area contributed by atoms with Gasteiger partial charge in [-0.05, 0) is 53.4 Å². The van der Waals surface area contributed by atoms with Crippen molar-refractivity contribution in [2.75, 3.05) is 19.2 Å². The highest BCUT2D eigenvalue weighted by Crippen LogP contribution is 2.35. The lowest BCUT2D eigenvalue weighted by molar-refractivity contribution is -0.140. The number of carbonyl (C=O) groups excluding carboxylic acids is 2. The molecule has 2 amide bonds. The molecule has 1 atom stereocenters. The SMILES string of the molecule is COc1ccc(CN(C(=O)Cn2nnc3ccccc32)[C@H](C(=O)Nc2ccc3c(c2)OCO3)c2cccs2)cc1. The summed E-state index contributed by atoms with van der Waals surface area (Å²) in [7, 11) is 1.60. The highest BCUT2D eigenvalue weighted by atomic mass is 32.1. The number of aromatic nitrogens is 3. The van der Waals surface area contributed by atoms with Gasteiger partial charge in [0.25, 0.3) is 5.91 Å². The molecule has 0 bridgehead atoms. The second kappa shape index (κ2) is 11.1. The molecule has 3 aromatic carbocycles. The van der Waals surface area contributed by atoms with E-state index in [0.29, 0.717) is 28.5 Å². The number of ether oxygens (including phenoxy) is 3. The first-order chi connectivity index (χ1) is 19.6. The minimum atomic E-state index is -0.908. The summed E-state index contributed by atoms with van der Waals surface area (Å²) in [4.78, 5) is 30.3. The minimum Gasteiger partial charge on any atom is -0.497 e. The van der Waals surface area contributed by atoms with Crippen molar-refractivity contribution in [3.8, 4) is 17.2 Å². The molecule has 5 aromatic rings. The maximum Gasteiger partial charge on any atom is 0.252 e. The third kappa shape index (κ3) is 5.19. The second-order valence-corrected chi connectivity index (χ2v) is 10.1. The van der Waals surface area contributed by atoms with Crippen LogP contribution in [-0.2, 0) is 22.7 Å². The number of nitrogens with one attached hydrogen (secondary N) is 1. The molecule has 0 spiro atoms. The number of anilines is 1. The van der Waals surface area contributed by atoms with Gasteiger partial charge in [0.2, 0.25) is 12.7 Å². The van der Waals surface area contributed by atoms with Crippen molar-refractivity contribution in [1.29, 1.82) is 0 Å². The van der Waals surface area contributed by atoms with Crippen LogP contribution in [0.2, 0.25) is 0 Å². The molecule has 0 radical (unpaired) electrons. The van der Waals surface area contributed by atoms with E-state index in [9.17, 15) is 9.59 Å². The number of carbonyl (C=O) groups is 2. The predicted molar refractivity (Wildman–Crippen MR) is 149 cm³/mol. The summed E-state index contributed by atoms with van der Waals surface area (Å²) < 4.78 is 17.7. The van der Waals surface area contributed by atoms with Gasteiger partial charge in [-0.15, -0.1) is 16.4 Å². The van der Waals surface area contributed by atoms with Crippen LogP contribution in [0.3, 0.4) is 0 Å². The fourth-order valence-electron chi connectivity index (χ4n) is 4.56. The van der Waals surface area contributed by atoms with E-state index in [-0.39, 0.29) is 31.7 Å². The van der Waals surface area contributed by atoms with E-state index < -0.39 is 6.04 Å². The van der Waals surface area contributed by atoms with Gasteiger partial charge in [-0.2, -0.15) is 0 Å². The number of thiophene rings is 1. The third-order valence-electron chi connectivity index (χ3n) is 6.55. The number of fused-ring (bicyclic) bond motifs is 2. The molecule has 0 fully saturated rings. The smallest absolute Gasteiger partial charge is 0.252 e. The van der Waals surface area contributed by atoms with E-state index in [4.69, 9.17) is 14.2 Å². The van der Waals surface area contributed by atoms with Gasteiger partial charge in [-0.1, -0.05) is 35.5 Å². The predicted octanol–water partition coefficient (Wildman–Crippen LogP) is 4.64. The molecule has 0 saturated carbocycles. The summed E-state index contributed by atoms with van der Waals surface area (Å²) in [6.07, 6.45) is 0. The normalized spacial score (nSPS) is 12.7. The van der Waals surface area contributed by atoms with E-state index in [1.807, 2.05) is 66.0 Å². The van der Waals surface area contributed by atoms with Crippen molar-refractivity contribution < 1.29 is 23.8 Å². The lowest BCUT2D eigenvalue weighted by Gasteiger charge is -2.31. The number of methoxy groups -OCH3 is 1. The molecule has 10 nitrogen and oxygen atoms in total. The Morgan fingerprint density at radius 3 is 2.67 bits per heavy atom. The van der Waals surface area contributed by atoms with E-state index in [2.05, 4.69) is 15.6 Å². The molecule has 11 heteroatoms. The molecule has 0 saturated heterocycles. The standard InChI is InChI=1S/C29H25N5O5S/c1-37-21-11-8-19(9-12-21)16-33(27(35)17-34-23-6-3-2-5-22(23)31-32-34)28(26-7-4-14-40-26)29(36)30-20-10-13-24-25(15-20)39-18-38-24/h2-15,28H,16-18H2,1H3,(H,30,36)/t28-/m0/s1. The number of benzene rings is 3. The van der Waals surface area contributed by atoms with Gasteiger partial charge in [0, 0.05) is 23.2 Å². The topological polar surface area (TPSA) is 108 Å².